The molecule has 1 unspecified atom stereocenters. The summed E-state index contributed by atoms with van der Waals surface area (Å²) in [7, 11) is -1.42. The predicted molar refractivity (Wildman–Crippen MR) is 87.2 cm³/mol. The molecule has 2 heteroatoms. The minimum absolute atomic E-state index is 0.622. The SMILES string of the molecule is C[Si](C)(C)C#Cc1ccccc1C(O)c1ccccc1. The summed E-state index contributed by atoms with van der Waals surface area (Å²) in [6.45, 7) is 6.66. The van der Waals surface area contributed by atoms with Gasteiger partial charge in [-0.1, -0.05) is 74.1 Å². The summed E-state index contributed by atoms with van der Waals surface area (Å²) in [5.41, 5.74) is 6.06. The first kappa shape index (κ1) is 14.6. The van der Waals surface area contributed by atoms with E-state index in [1.54, 1.807) is 0 Å². The fourth-order valence-electron chi connectivity index (χ4n) is 1.92. The van der Waals surface area contributed by atoms with Crippen LogP contribution in [0.4, 0.5) is 0 Å². The Bertz CT molecular complexity index is 630. The van der Waals surface area contributed by atoms with Crippen LogP contribution in [0.1, 0.15) is 22.8 Å². The molecule has 0 spiro atoms. The topological polar surface area (TPSA) is 20.2 Å². The lowest BCUT2D eigenvalue weighted by Crippen LogP contribution is -2.16. The van der Waals surface area contributed by atoms with Crippen LogP contribution in [0.15, 0.2) is 54.6 Å². The van der Waals surface area contributed by atoms with E-state index < -0.39 is 14.2 Å². The van der Waals surface area contributed by atoms with Gasteiger partial charge in [-0.2, -0.15) is 0 Å². The summed E-state index contributed by atoms with van der Waals surface area (Å²) in [6.07, 6.45) is -0.622. The molecule has 0 heterocycles. The highest BCUT2D eigenvalue weighted by Crippen LogP contribution is 2.24. The second-order valence-electron chi connectivity index (χ2n) is 5.90. The molecule has 2 aromatic rings. The largest absolute Gasteiger partial charge is 0.384 e. The molecule has 0 aliphatic rings. The molecule has 1 atom stereocenters. The summed E-state index contributed by atoms with van der Waals surface area (Å²) < 4.78 is 0. The first-order valence-electron chi connectivity index (χ1n) is 6.82. The minimum atomic E-state index is -1.42. The summed E-state index contributed by atoms with van der Waals surface area (Å²) in [5, 5.41) is 10.5. The Morgan fingerprint density at radius 1 is 0.900 bits per heavy atom. The zero-order valence-corrected chi connectivity index (χ0v) is 13.2. The van der Waals surface area contributed by atoms with Crippen LogP contribution in [-0.4, -0.2) is 13.2 Å². The highest BCUT2D eigenvalue weighted by Gasteiger charge is 2.13. The van der Waals surface area contributed by atoms with Crippen LogP contribution in [-0.2, 0) is 0 Å². The van der Waals surface area contributed by atoms with E-state index in [0.717, 1.165) is 16.7 Å². The van der Waals surface area contributed by atoms with E-state index in [1.807, 2.05) is 54.6 Å². The molecule has 2 aromatic carbocycles. The maximum Gasteiger partial charge on any atom is 0.129 e. The molecule has 1 N–H and O–H groups in total. The molecule has 0 bridgehead atoms. The third-order valence-electron chi connectivity index (χ3n) is 2.94. The summed E-state index contributed by atoms with van der Waals surface area (Å²) in [6, 6.07) is 17.6. The molecule has 0 fully saturated rings. The van der Waals surface area contributed by atoms with Gasteiger partial charge in [0.25, 0.3) is 0 Å². The van der Waals surface area contributed by atoms with E-state index in [9.17, 15) is 5.11 Å². The standard InChI is InChI=1S/C18H20OSi/c1-20(2,3)14-13-15-9-7-8-12-17(15)18(19)16-10-5-4-6-11-16/h4-12,18-19H,1-3H3. The van der Waals surface area contributed by atoms with E-state index in [4.69, 9.17) is 0 Å². The van der Waals surface area contributed by atoms with Crippen LogP contribution in [0.2, 0.25) is 19.6 Å². The molecule has 2 rings (SSSR count). The molecule has 102 valence electrons. The third kappa shape index (κ3) is 3.83. The first-order chi connectivity index (χ1) is 9.47. The van der Waals surface area contributed by atoms with Crippen molar-refractivity contribution >= 4 is 8.07 Å². The zero-order valence-electron chi connectivity index (χ0n) is 12.2. The molecule has 20 heavy (non-hydrogen) atoms. The van der Waals surface area contributed by atoms with Crippen molar-refractivity contribution in [3.8, 4) is 11.5 Å². The molecule has 0 saturated heterocycles. The van der Waals surface area contributed by atoms with Crippen LogP contribution >= 0.6 is 0 Å². The average molecular weight is 280 g/mol. The molecule has 0 saturated carbocycles. The number of hydrogen-bond acceptors (Lipinski definition) is 1. The molecule has 0 aliphatic heterocycles. The van der Waals surface area contributed by atoms with Crippen molar-refractivity contribution in [1.29, 1.82) is 0 Å². The second-order valence-corrected chi connectivity index (χ2v) is 10.7. The Morgan fingerprint density at radius 2 is 1.50 bits per heavy atom. The van der Waals surface area contributed by atoms with Gasteiger partial charge in [-0.15, -0.1) is 5.54 Å². The van der Waals surface area contributed by atoms with E-state index in [0.29, 0.717) is 0 Å². The monoisotopic (exact) mass is 280 g/mol. The normalized spacial score (nSPS) is 12.4. The lowest BCUT2D eigenvalue weighted by molar-refractivity contribution is 0.220. The van der Waals surface area contributed by atoms with Gasteiger partial charge in [0.15, 0.2) is 0 Å². The Hall–Kier alpha value is -1.82. The first-order valence-corrected chi connectivity index (χ1v) is 10.3. The van der Waals surface area contributed by atoms with E-state index >= 15 is 0 Å². The average Bonchev–Trinajstić information content (AvgIpc) is 2.45. The molecular weight excluding hydrogens is 260 g/mol. The van der Waals surface area contributed by atoms with Gasteiger partial charge in [0.1, 0.15) is 14.2 Å². The lowest BCUT2D eigenvalue weighted by atomic mass is 9.97. The van der Waals surface area contributed by atoms with Gasteiger partial charge in [-0.05, 0) is 11.6 Å². The van der Waals surface area contributed by atoms with Crippen molar-refractivity contribution in [3.63, 3.8) is 0 Å². The van der Waals surface area contributed by atoms with E-state index in [1.165, 1.54) is 0 Å². The summed E-state index contributed by atoms with van der Waals surface area (Å²) >= 11 is 0. The number of aliphatic hydroxyl groups is 1. The quantitative estimate of drug-likeness (QED) is 0.651. The maximum absolute atomic E-state index is 10.5. The Kier molecular flexibility index (Phi) is 4.44. The number of benzene rings is 2. The highest BCUT2D eigenvalue weighted by molar-refractivity contribution is 6.83. The number of rotatable bonds is 2. The molecule has 1 nitrogen and oxygen atoms in total. The van der Waals surface area contributed by atoms with Gasteiger partial charge < -0.3 is 5.11 Å². The fourth-order valence-corrected chi connectivity index (χ4v) is 2.43. The van der Waals surface area contributed by atoms with Crippen LogP contribution in [0.3, 0.4) is 0 Å². The predicted octanol–water partition coefficient (Wildman–Crippen LogP) is 4.00. The third-order valence-corrected chi connectivity index (χ3v) is 3.82. The van der Waals surface area contributed by atoms with Gasteiger partial charge in [0.2, 0.25) is 0 Å². The lowest BCUT2D eigenvalue weighted by Gasteiger charge is -2.13. The molecule has 0 aliphatic carbocycles. The Balaban J connectivity index is 2.40. The minimum Gasteiger partial charge on any atom is -0.384 e. The molecule has 0 radical (unpaired) electrons. The molecule has 0 amide bonds. The van der Waals surface area contributed by atoms with Crippen molar-refractivity contribution in [1.82, 2.24) is 0 Å². The smallest absolute Gasteiger partial charge is 0.129 e. The number of aliphatic hydroxyl groups excluding tert-OH is 1. The summed E-state index contributed by atoms with van der Waals surface area (Å²) in [5.74, 6) is 3.26. The van der Waals surface area contributed by atoms with E-state index in [2.05, 4.69) is 31.1 Å². The van der Waals surface area contributed by atoms with Gasteiger partial charge in [0.05, 0.1) is 0 Å². The van der Waals surface area contributed by atoms with Gasteiger partial charge in [-0.3, -0.25) is 0 Å². The van der Waals surface area contributed by atoms with Crippen LogP contribution in [0, 0.1) is 11.5 Å². The Morgan fingerprint density at radius 3 is 2.15 bits per heavy atom. The fraction of sp³-hybridized carbons (Fsp3) is 0.222. The van der Waals surface area contributed by atoms with Crippen LogP contribution in [0.25, 0.3) is 0 Å². The van der Waals surface area contributed by atoms with Crippen molar-refractivity contribution in [2.24, 2.45) is 0 Å². The Labute approximate surface area is 122 Å². The van der Waals surface area contributed by atoms with Crippen molar-refractivity contribution in [3.05, 3.63) is 71.3 Å². The molecular formula is C18H20OSi. The molecule has 0 aromatic heterocycles. The maximum atomic E-state index is 10.5. The highest BCUT2D eigenvalue weighted by atomic mass is 28.3. The van der Waals surface area contributed by atoms with Crippen LogP contribution < -0.4 is 0 Å². The van der Waals surface area contributed by atoms with Crippen molar-refractivity contribution in [2.45, 2.75) is 25.7 Å². The summed E-state index contributed by atoms with van der Waals surface area (Å²) in [4.78, 5) is 0. The van der Waals surface area contributed by atoms with Crippen molar-refractivity contribution in [2.75, 3.05) is 0 Å². The van der Waals surface area contributed by atoms with Gasteiger partial charge in [-0.25, -0.2) is 0 Å². The zero-order chi connectivity index (χ0) is 14.6. The number of hydrogen-bond donors (Lipinski definition) is 1. The van der Waals surface area contributed by atoms with Crippen molar-refractivity contribution < 1.29 is 5.11 Å². The van der Waals surface area contributed by atoms with Gasteiger partial charge in [0, 0.05) is 11.1 Å². The second kappa shape index (κ2) is 6.09. The van der Waals surface area contributed by atoms with Gasteiger partial charge >= 0.3 is 0 Å². The van der Waals surface area contributed by atoms with Crippen LogP contribution in [0.5, 0.6) is 0 Å². The van der Waals surface area contributed by atoms with E-state index in [-0.39, 0.29) is 0 Å².